The fraction of sp³-hybridized carbons (Fsp3) is 0.217. The first-order valence-corrected chi connectivity index (χ1v) is 12.0. The molecule has 1 aromatic heterocycles. The van der Waals surface area contributed by atoms with E-state index in [1.165, 1.54) is 30.3 Å². The molecule has 1 amide bonds. The van der Waals surface area contributed by atoms with Crippen molar-refractivity contribution in [2.75, 3.05) is 18.4 Å². The molecule has 0 radical (unpaired) electrons. The minimum atomic E-state index is -3.70. The van der Waals surface area contributed by atoms with Crippen molar-refractivity contribution in [1.29, 1.82) is 0 Å². The van der Waals surface area contributed by atoms with E-state index in [4.69, 9.17) is 0 Å². The van der Waals surface area contributed by atoms with Crippen molar-refractivity contribution in [3.8, 4) is 0 Å². The maximum absolute atomic E-state index is 12.5. The van der Waals surface area contributed by atoms with Crippen molar-refractivity contribution in [2.24, 2.45) is 0 Å². The summed E-state index contributed by atoms with van der Waals surface area (Å²) in [6, 6.07) is 15.6. The molecule has 0 saturated heterocycles. The Morgan fingerprint density at radius 1 is 1.09 bits per heavy atom. The van der Waals surface area contributed by atoms with Gasteiger partial charge in [-0.25, -0.2) is 13.1 Å². The lowest BCUT2D eigenvalue weighted by Gasteiger charge is -2.15. The summed E-state index contributed by atoms with van der Waals surface area (Å²) in [5.74, 6) is -0.554. The number of aryl methyl sites for hydroxylation is 1. The first-order chi connectivity index (χ1) is 16.2. The zero-order valence-electron chi connectivity index (χ0n) is 18.7. The van der Waals surface area contributed by atoms with Crippen LogP contribution >= 0.6 is 0 Å². The average Bonchev–Trinajstić information content (AvgIpc) is 2.82. The Bertz CT molecular complexity index is 1260. The number of amides is 1. The quantitative estimate of drug-likeness (QED) is 0.228. The predicted molar refractivity (Wildman–Crippen MR) is 128 cm³/mol. The minimum absolute atomic E-state index is 0.00837. The van der Waals surface area contributed by atoms with Gasteiger partial charge in [0.05, 0.1) is 21.6 Å². The normalized spacial score (nSPS) is 12.1. The van der Waals surface area contributed by atoms with E-state index < -0.39 is 20.9 Å². The molecule has 1 atom stereocenters. The van der Waals surface area contributed by atoms with Gasteiger partial charge in [0.1, 0.15) is 5.69 Å². The van der Waals surface area contributed by atoms with Gasteiger partial charge < -0.3 is 10.6 Å². The van der Waals surface area contributed by atoms with E-state index in [1.807, 2.05) is 19.9 Å². The molecule has 3 rings (SSSR count). The molecular formula is C23H25N5O5S. The van der Waals surface area contributed by atoms with E-state index in [1.54, 1.807) is 30.5 Å². The zero-order chi connectivity index (χ0) is 24.7. The van der Waals surface area contributed by atoms with Crippen LogP contribution in [0.5, 0.6) is 0 Å². The highest BCUT2D eigenvalue weighted by molar-refractivity contribution is 7.89. The molecule has 10 nitrogen and oxygen atoms in total. The Morgan fingerprint density at radius 3 is 2.47 bits per heavy atom. The summed E-state index contributed by atoms with van der Waals surface area (Å²) < 4.78 is 27.0. The van der Waals surface area contributed by atoms with Gasteiger partial charge in [-0.2, -0.15) is 0 Å². The summed E-state index contributed by atoms with van der Waals surface area (Å²) in [6.45, 7) is 3.65. The van der Waals surface area contributed by atoms with E-state index in [0.717, 1.165) is 5.56 Å². The highest BCUT2D eigenvalue weighted by Gasteiger charge is 2.20. The van der Waals surface area contributed by atoms with Crippen molar-refractivity contribution >= 4 is 27.3 Å². The SMILES string of the molecule is Cc1ccc(S(=O)(=O)NCCNC(=O)c2ccc(NC(C)c3ccccn3)c([N+](=O)[O-])c2)cc1. The van der Waals surface area contributed by atoms with E-state index >= 15 is 0 Å². The Hall–Kier alpha value is -3.83. The molecule has 1 heterocycles. The fourth-order valence-electron chi connectivity index (χ4n) is 3.15. The van der Waals surface area contributed by atoms with Gasteiger partial charge in [0, 0.05) is 30.9 Å². The van der Waals surface area contributed by atoms with Gasteiger partial charge in [-0.1, -0.05) is 23.8 Å². The van der Waals surface area contributed by atoms with Crippen LogP contribution in [0.1, 0.15) is 34.6 Å². The topological polar surface area (TPSA) is 143 Å². The number of benzene rings is 2. The Labute approximate surface area is 197 Å². The summed E-state index contributed by atoms with van der Waals surface area (Å²) in [4.78, 5) is 27.8. The molecule has 0 fully saturated rings. The predicted octanol–water partition coefficient (Wildman–Crippen LogP) is 3.18. The summed E-state index contributed by atoms with van der Waals surface area (Å²) in [5.41, 5.74) is 1.74. The first kappa shape index (κ1) is 24.8. The smallest absolute Gasteiger partial charge is 0.293 e. The molecule has 3 N–H and O–H groups in total. The monoisotopic (exact) mass is 483 g/mol. The zero-order valence-corrected chi connectivity index (χ0v) is 19.5. The van der Waals surface area contributed by atoms with Gasteiger partial charge in [-0.15, -0.1) is 0 Å². The first-order valence-electron chi connectivity index (χ1n) is 10.5. The Balaban J connectivity index is 1.60. The van der Waals surface area contributed by atoms with Gasteiger partial charge in [0.25, 0.3) is 11.6 Å². The summed E-state index contributed by atoms with van der Waals surface area (Å²) in [5, 5.41) is 17.2. The van der Waals surface area contributed by atoms with Crippen LogP contribution in [0.2, 0.25) is 0 Å². The largest absolute Gasteiger partial charge is 0.371 e. The van der Waals surface area contributed by atoms with Crippen molar-refractivity contribution in [2.45, 2.75) is 24.8 Å². The summed E-state index contributed by atoms with van der Waals surface area (Å²) >= 11 is 0. The number of hydrogen-bond donors (Lipinski definition) is 3. The average molecular weight is 484 g/mol. The van der Waals surface area contributed by atoms with Crippen LogP contribution in [0.3, 0.4) is 0 Å². The van der Waals surface area contributed by atoms with E-state index in [9.17, 15) is 23.3 Å². The van der Waals surface area contributed by atoms with Crippen LogP contribution in [-0.2, 0) is 10.0 Å². The lowest BCUT2D eigenvalue weighted by atomic mass is 10.1. The Morgan fingerprint density at radius 2 is 1.82 bits per heavy atom. The minimum Gasteiger partial charge on any atom is -0.371 e. The van der Waals surface area contributed by atoms with E-state index in [0.29, 0.717) is 5.69 Å². The molecule has 0 aliphatic carbocycles. The second-order valence-electron chi connectivity index (χ2n) is 7.58. The maximum atomic E-state index is 12.5. The number of rotatable bonds is 10. The van der Waals surface area contributed by atoms with Crippen LogP contribution in [0.25, 0.3) is 0 Å². The molecule has 0 bridgehead atoms. The molecule has 11 heteroatoms. The van der Waals surface area contributed by atoms with Gasteiger partial charge >= 0.3 is 0 Å². The fourth-order valence-corrected chi connectivity index (χ4v) is 4.18. The molecule has 3 aromatic rings. The summed E-state index contributed by atoms with van der Waals surface area (Å²) in [7, 11) is -3.70. The van der Waals surface area contributed by atoms with E-state index in [-0.39, 0.29) is 41.0 Å². The van der Waals surface area contributed by atoms with Gasteiger partial charge in [-0.05, 0) is 50.2 Å². The number of carbonyl (C=O) groups excluding carboxylic acids is 1. The second kappa shape index (κ2) is 10.9. The molecule has 0 aliphatic rings. The van der Waals surface area contributed by atoms with Gasteiger partial charge in [-0.3, -0.25) is 19.9 Å². The number of nitro benzene ring substituents is 1. The second-order valence-corrected chi connectivity index (χ2v) is 9.34. The molecule has 34 heavy (non-hydrogen) atoms. The lowest BCUT2D eigenvalue weighted by molar-refractivity contribution is -0.384. The molecular weight excluding hydrogens is 458 g/mol. The van der Waals surface area contributed by atoms with Crippen molar-refractivity contribution in [1.82, 2.24) is 15.0 Å². The third kappa shape index (κ3) is 6.36. The standard InChI is InChI=1S/C23H25N5O5S/c1-16-6-9-19(10-7-16)34(32,33)26-14-13-25-23(29)18-8-11-21(22(15-18)28(30)31)27-17(2)20-5-3-4-12-24-20/h3-12,15,17,26-27H,13-14H2,1-2H3,(H,25,29). The number of aromatic nitrogens is 1. The number of sulfonamides is 1. The Kier molecular flexibility index (Phi) is 7.92. The highest BCUT2D eigenvalue weighted by Crippen LogP contribution is 2.28. The number of nitro groups is 1. The molecule has 178 valence electrons. The third-order valence-electron chi connectivity index (χ3n) is 4.99. The number of carbonyl (C=O) groups is 1. The van der Waals surface area contributed by atoms with E-state index in [2.05, 4.69) is 20.3 Å². The molecule has 0 saturated carbocycles. The van der Waals surface area contributed by atoms with Crippen molar-refractivity contribution in [3.63, 3.8) is 0 Å². The van der Waals surface area contributed by atoms with Crippen LogP contribution in [0.15, 0.2) is 71.8 Å². The molecule has 0 spiro atoms. The van der Waals surface area contributed by atoms with Crippen molar-refractivity contribution in [3.05, 3.63) is 93.8 Å². The maximum Gasteiger partial charge on any atom is 0.293 e. The van der Waals surface area contributed by atoms with Gasteiger partial charge in [0.2, 0.25) is 10.0 Å². The van der Waals surface area contributed by atoms with Crippen LogP contribution in [0, 0.1) is 17.0 Å². The highest BCUT2D eigenvalue weighted by atomic mass is 32.2. The number of anilines is 1. The summed E-state index contributed by atoms with van der Waals surface area (Å²) in [6.07, 6.45) is 1.64. The van der Waals surface area contributed by atoms with Gasteiger partial charge in [0.15, 0.2) is 0 Å². The van der Waals surface area contributed by atoms with Crippen LogP contribution in [-0.4, -0.2) is 37.3 Å². The number of nitrogens with one attached hydrogen (secondary N) is 3. The number of hydrogen-bond acceptors (Lipinski definition) is 7. The molecule has 0 aliphatic heterocycles. The lowest BCUT2D eigenvalue weighted by Crippen LogP contribution is -2.34. The molecule has 1 unspecified atom stereocenters. The molecule has 2 aromatic carbocycles. The number of nitrogens with zero attached hydrogens (tertiary/aromatic N) is 2. The third-order valence-corrected chi connectivity index (χ3v) is 6.47. The van der Waals surface area contributed by atoms with Crippen LogP contribution in [0.4, 0.5) is 11.4 Å². The van der Waals surface area contributed by atoms with Crippen LogP contribution < -0.4 is 15.4 Å². The number of pyridine rings is 1. The van der Waals surface area contributed by atoms with Crippen molar-refractivity contribution < 1.29 is 18.1 Å².